The Kier molecular flexibility index (Phi) is 6.85. The molecule has 8 heteroatoms. The van der Waals surface area contributed by atoms with E-state index in [2.05, 4.69) is 10.0 Å². The van der Waals surface area contributed by atoms with Gasteiger partial charge in [0.2, 0.25) is 15.9 Å². The van der Waals surface area contributed by atoms with Gasteiger partial charge >= 0.3 is 0 Å². The minimum Gasteiger partial charge on any atom is -0.328 e. The van der Waals surface area contributed by atoms with Crippen molar-refractivity contribution in [3.05, 3.63) is 23.8 Å². The van der Waals surface area contributed by atoms with Crippen molar-refractivity contribution >= 4 is 39.7 Å². The van der Waals surface area contributed by atoms with E-state index in [1.807, 2.05) is 6.92 Å². The smallest absolute Gasteiger partial charge is 0.229 e. The molecule has 6 nitrogen and oxygen atoms in total. The van der Waals surface area contributed by atoms with E-state index in [0.717, 1.165) is 31.1 Å². The van der Waals surface area contributed by atoms with Gasteiger partial charge in [0.25, 0.3) is 0 Å². The Morgan fingerprint density at radius 2 is 1.96 bits per heavy atom. The summed E-state index contributed by atoms with van der Waals surface area (Å²) in [4.78, 5) is 12.4. The zero-order valence-electron chi connectivity index (χ0n) is 13.3. The molecule has 2 atom stereocenters. The van der Waals surface area contributed by atoms with Gasteiger partial charge in [-0.05, 0) is 43.9 Å². The number of hydrogen-bond donors (Lipinski definition) is 3. The van der Waals surface area contributed by atoms with Gasteiger partial charge in [0.1, 0.15) is 0 Å². The predicted octanol–water partition coefficient (Wildman–Crippen LogP) is 2.24. The second-order valence-electron chi connectivity index (χ2n) is 6.04. The number of anilines is 2. The van der Waals surface area contributed by atoms with Crippen LogP contribution in [0, 0.1) is 12.8 Å². The van der Waals surface area contributed by atoms with E-state index in [1.165, 1.54) is 0 Å². The average molecular weight is 362 g/mol. The summed E-state index contributed by atoms with van der Waals surface area (Å²) in [5.74, 6) is -0.215. The number of amides is 1. The van der Waals surface area contributed by atoms with Crippen LogP contribution in [0.1, 0.15) is 31.2 Å². The summed E-state index contributed by atoms with van der Waals surface area (Å²) in [7, 11) is -3.40. The SMILES string of the molecule is Cc1ccc(NS(C)(=O)=O)c(NC(=O)C2CCCC(N)C2)c1.Cl. The summed E-state index contributed by atoms with van der Waals surface area (Å²) in [5, 5.41) is 2.84. The average Bonchev–Trinajstić information content (AvgIpc) is 2.40. The molecule has 1 aliphatic rings. The lowest BCUT2D eigenvalue weighted by molar-refractivity contribution is -0.120. The monoisotopic (exact) mass is 361 g/mol. The van der Waals surface area contributed by atoms with Crippen molar-refractivity contribution < 1.29 is 13.2 Å². The minimum absolute atomic E-state index is 0. The lowest BCUT2D eigenvalue weighted by atomic mass is 9.85. The van der Waals surface area contributed by atoms with Crippen LogP contribution in [0.3, 0.4) is 0 Å². The van der Waals surface area contributed by atoms with Gasteiger partial charge in [-0.1, -0.05) is 12.5 Å². The number of aryl methyl sites for hydroxylation is 1. The van der Waals surface area contributed by atoms with Crippen LogP contribution in [0.5, 0.6) is 0 Å². The Bertz CT molecular complexity index is 664. The molecule has 2 rings (SSSR count). The van der Waals surface area contributed by atoms with Gasteiger partial charge in [0.15, 0.2) is 0 Å². The second-order valence-corrected chi connectivity index (χ2v) is 7.78. The first-order chi connectivity index (χ1) is 10.2. The number of nitrogens with two attached hydrogens (primary N) is 1. The fraction of sp³-hybridized carbons (Fsp3) is 0.533. The van der Waals surface area contributed by atoms with Crippen LogP contribution < -0.4 is 15.8 Å². The summed E-state index contributed by atoms with van der Waals surface area (Å²) in [6.45, 7) is 1.89. The van der Waals surface area contributed by atoms with Crippen molar-refractivity contribution in [2.45, 2.75) is 38.6 Å². The predicted molar refractivity (Wildman–Crippen MR) is 95.5 cm³/mol. The standard InChI is InChI=1S/C15H23N3O3S.ClH/c1-10-6-7-13(18-22(2,20)21)14(8-10)17-15(19)11-4-3-5-12(16)9-11;/h6-8,11-12,18H,3-5,9,16H2,1-2H3,(H,17,19);1H. The van der Waals surface area contributed by atoms with Gasteiger partial charge in [-0.2, -0.15) is 0 Å². The quantitative estimate of drug-likeness (QED) is 0.765. The number of benzene rings is 1. The number of halogens is 1. The van der Waals surface area contributed by atoms with Crippen molar-refractivity contribution in [3.8, 4) is 0 Å². The molecule has 1 aromatic carbocycles. The van der Waals surface area contributed by atoms with Crippen molar-refractivity contribution in [2.24, 2.45) is 11.7 Å². The topological polar surface area (TPSA) is 101 Å². The molecule has 0 heterocycles. The summed E-state index contributed by atoms with van der Waals surface area (Å²) in [6.07, 6.45) is 4.47. The number of sulfonamides is 1. The van der Waals surface area contributed by atoms with Gasteiger partial charge in [-0.3, -0.25) is 9.52 Å². The normalized spacial score (nSPS) is 21.2. The van der Waals surface area contributed by atoms with E-state index < -0.39 is 10.0 Å². The molecule has 130 valence electrons. The van der Waals surface area contributed by atoms with E-state index in [-0.39, 0.29) is 30.3 Å². The second kappa shape index (κ2) is 7.99. The Balaban J connectivity index is 0.00000264. The lowest BCUT2D eigenvalue weighted by Crippen LogP contribution is -2.34. The molecule has 1 saturated carbocycles. The molecule has 4 N–H and O–H groups in total. The zero-order chi connectivity index (χ0) is 16.3. The molecule has 0 aromatic heterocycles. The summed E-state index contributed by atoms with van der Waals surface area (Å²) >= 11 is 0. The largest absolute Gasteiger partial charge is 0.328 e. The first-order valence-corrected chi connectivity index (χ1v) is 9.28. The van der Waals surface area contributed by atoms with Crippen LogP contribution in [-0.2, 0) is 14.8 Å². The summed E-state index contributed by atoms with van der Waals surface area (Å²) < 4.78 is 25.3. The molecule has 0 aliphatic heterocycles. The van der Waals surface area contributed by atoms with E-state index in [1.54, 1.807) is 18.2 Å². The first-order valence-electron chi connectivity index (χ1n) is 7.39. The Labute approximate surface area is 143 Å². The van der Waals surface area contributed by atoms with Crippen molar-refractivity contribution in [3.63, 3.8) is 0 Å². The molecule has 1 aromatic rings. The number of rotatable bonds is 4. The van der Waals surface area contributed by atoms with Crippen LogP contribution >= 0.6 is 12.4 Å². The van der Waals surface area contributed by atoms with Crippen LogP contribution in [0.4, 0.5) is 11.4 Å². The fourth-order valence-corrected chi connectivity index (χ4v) is 3.33. The van der Waals surface area contributed by atoms with Gasteiger partial charge in [0, 0.05) is 12.0 Å². The van der Waals surface area contributed by atoms with Crippen LogP contribution in [0.15, 0.2) is 18.2 Å². The highest BCUT2D eigenvalue weighted by molar-refractivity contribution is 7.92. The maximum absolute atomic E-state index is 12.4. The van der Waals surface area contributed by atoms with Gasteiger partial charge in [-0.25, -0.2) is 8.42 Å². The number of carbonyl (C=O) groups is 1. The van der Waals surface area contributed by atoms with Crippen LogP contribution in [0.2, 0.25) is 0 Å². The third-order valence-electron chi connectivity index (χ3n) is 3.81. The zero-order valence-corrected chi connectivity index (χ0v) is 15.0. The molecule has 23 heavy (non-hydrogen) atoms. The van der Waals surface area contributed by atoms with Crippen molar-refractivity contribution in [1.82, 2.24) is 0 Å². The van der Waals surface area contributed by atoms with Crippen LogP contribution in [0.25, 0.3) is 0 Å². The first kappa shape index (κ1) is 19.7. The molecule has 1 amide bonds. The third-order valence-corrected chi connectivity index (χ3v) is 4.40. The van der Waals surface area contributed by atoms with Crippen molar-refractivity contribution in [2.75, 3.05) is 16.3 Å². The Hall–Kier alpha value is -1.31. The van der Waals surface area contributed by atoms with Crippen molar-refractivity contribution in [1.29, 1.82) is 0 Å². The lowest BCUT2D eigenvalue weighted by Gasteiger charge is -2.26. The molecule has 0 radical (unpaired) electrons. The number of carbonyl (C=O) groups excluding carboxylic acids is 1. The van der Waals surface area contributed by atoms with Gasteiger partial charge in [-0.15, -0.1) is 12.4 Å². The van der Waals surface area contributed by atoms with E-state index in [4.69, 9.17) is 5.73 Å². The molecule has 1 fully saturated rings. The highest BCUT2D eigenvalue weighted by Gasteiger charge is 2.26. The highest BCUT2D eigenvalue weighted by Crippen LogP contribution is 2.28. The fourth-order valence-electron chi connectivity index (χ4n) is 2.75. The number of hydrogen-bond acceptors (Lipinski definition) is 4. The molecule has 0 bridgehead atoms. The maximum Gasteiger partial charge on any atom is 0.229 e. The molecule has 1 aliphatic carbocycles. The molecule has 0 spiro atoms. The molecular weight excluding hydrogens is 338 g/mol. The Morgan fingerprint density at radius 3 is 2.57 bits per heavy atom. The molecular formula is C15H24ClN3O3S. The highest BCUT2D eigenvalue weighted by atomic mass is 35.5. The van der Waals surface area contributed by atoms with Gasteiger partial charge in [0.05, 0.1) is 17.6 Å². The van der Waals surface area contributed by atoms with Gasteiger partial charge < -0.3 is 11.1 Å². The molecule has 0 saturated heterocycles. The maximum atomic E-state index is 12.4. The van der Waals surface area contributed by atoms with E-state index in [0.29, 0.717) is 17.8 Å². The van der Waals surface area contributed by atoms with E-state index in [9.17, 15) is 13.2 Å². The summed E-state index contributed by atoms with van der Waals surface area (Å²) in [6, 6.07) is 5.27. The minimum atomic E-state index is -3.40. The van der Waals surface area contributed by atoms with Crippen LogP contribution in [-0.4, -0.2) is 26.6 Å². The summed E-state index contributed by atoms with van der Waals surface area (Å²) in [5.41, 5.74) is 7.72. The third kappa shape index (κ3) is 6.01. The number of nitrogens with one attached hydrogen (secondary N) is 2. The van der Waals surface area contributed by atoms with E-state index >= 15 is 0 Å². The Morgan fingerprint density at radius 1 is 1.26 bits per heavy atom. The molecule has 2 unspecified atom stereocenters.